The normalized spacial score (nSPS) is 11.8. The predicted octanol–water partition coefficient (Wildman–Crippen LogP) is 1.88. The third-order valence-electron chi connectivity index (χ3n) is 3.21. The average Bonchev–Trinajstić information content (AvgIpc) is 2.32. The highest BCUT2D eigenvalue weighted by Gasteiger charge is 2.26. The molecule has 0 radical (unpaired) electrons. The molecule has 0 heterocycles. The third kappa shape index (κ3) is 3.05. The smallest absolute Gasteiger partial charge is 0.330 e. The fourth-order valence-electron chi connectivity index (χ4n) is 2.18. The first kappa shape index (κ1) is 15.0. The summed E-state index contributed by atoms with van der Waals surface area (Å²) in [5.41, 5.74) is 3.08. The van der Waals surface area contributed by atoms with E-state index in [9.17, 15) is 14.7 Å². The summed E-state index contributed by atoms with van der Waals surface area (Å²) < 4.78 is 5.25. The summed E-state index contributed by atoms with van der Waals surface area (Å²) in [5.74, 6) is -0.739. The molecule has 0 bridgehead atoms. The van der Waals surface area contributed by atoms with E-state index in [0.29, 0.717) is 11.3 Å². The van der Waals surface area contributed by atoms with Crippen molar-refractivity contribution in [3.8, 4) is 5.75 Å². The Kier molecular flexibility index (Phi) is 4.53. The highest BCUT2D eigenvalue weighted by atomic mass is 16.5. The topological polar surface area (TPSA) is 75.6 Å². The summed E-state index contributed by atoms with van der Waals surface area (Å²) >= 11 is 0. The van der Waals surface area contributed by atoms with Crippen molar-refractivity contribution in [2.75, 3.05) is 7.11 Å². The Hall–Kier alpha value is -2.04. The molecule has 1 unspecified atom stereocenters. The molecule has 5 nitrogen and oxygen atoms in total. The van der Waals surface area contributed by atoms with Gasteiger partial charge in [0.15, 0.2) is 6.04 Å². The zero-order chi connectivity index (χ0) is 14.7. The van der Waals surface area contributed by atoms with E-state index in [1.54, 1.807) is 13.2 Å². The molecule has 1 atom stereocenters. The molecule has 0 aliphatic carbocycles. The van der Waals surface area contributed by atoms with Crippen LogP contribution >= 0.6 is 0 Å². The lowest BCUT2D eigenvalue weighted by Gasteiger charge is -2.21. The van der Waals surface area contributed by atoms with Crippen LogP contribution in [0.2, 0.25) is 0 Å². The van der Waals surface area contributed by atoms with Crippen molar-refractivity contribution in [3.05, 3.63) is 28.3 Å². The number of carboxylic acids is 1. The van der Waals surface area contributed by atoms with E-state index in [4.69, 9.17) is 4.74 Å². The SMILES string of the molecule is COc1cc(C)c(C(NC(C)=O)C(=O)O)c(C)c1C. The minimum atomic E-state index is -1.08. The van der Waals surface area contributed by atoms with E-state index in [1.165, 1.54) is 6.92 Å². The molecule has 1 aromatic carbocycles. The standard InChI is InChI=1S/C14H19NO4/c1-7-6-11(19-5)8(2)9(3)12(7)13(14(17)18)15-10(4)16/h6,13H,1-5H3,(H,15,16)(H,17,18). The summed E-state index contributed by atoms with van der Waals surface area (Å²) in [5, 5.41) is 11.8. The van der Waals surface area contributed by atoms with Gasteiger partial charge in [0.05, 0.1) is 7.11 Å². The highest BCUT2D eigenvalue weighted by Crippen LogP contribution is 2.31. The van der Waals surface area contributed by atoms with Crippen LogP contribution in [0.1, 0.15) is 35.2 Å². The summed E-state index contributed by atoms with van der Waals surface area (Å²) in [7, 11) is 1.57. The Labute approximate surface area is 112 Å². The second-order valence-corrected chi connectivity index (χ2v) is 4.53. The quantitative estimate of drug-likeness (QED) is 0.871. The summed E-state index contributed by atoms with van der Waals surface area (Å²) in [6.07, 6.45) is 0. The molecule has 2 N–H and O–H groups in total. The van der Waals surface area contributed by atoms with Crippen molar-refractivity contribution < 1.29 is 19.4 Å². The molecule has 0 aliphatic rings. The van der Waals surface area contributed by atoms with Gasteiger partial charge in [-0.05, 0) is 49.1 Å². The van der Waals surface area contributed by atoms with E-state index in [2.05, 4.69) is 5.32 Å². The maximum absolute atomic E-state index is 11.4. The number of methoxy groups -OCH3 is 1. The predicted molar refractivity (Wildman–Crippen MR) is 71.4 cm³/mol. The van der Waals surface area contributed by atoms with Crippen LogP contribution in [0.4, 0.5) is 0 Å². The molecule has 0 aliphatic heterocycles. The Morgan fingerprint density at radius 1 is 1.26 bits per heavy atom. The minimum Gasteiger partial charge on any atom is -0.496 e. The van der Waals surface area contributed by atoms with Crippen LogP contribution in [0.15, 0.2) is 6.07 Å². The number of ether oxygens (including phenoxy) is 1. The van der Waals surface area contributed by atoms with E-state index >= 15 is 0 Å². The van der Waals surface area contributed by atoms with Crippen LogP contribution in [0.25, 0.3) is 0 Å². The lowest BCUT2D eigenvalue weighted by molar-refractivity contribution is -0.141. The van der Waals surface area contributed by atoms with Crippen LogP contribution in [-0.4, -0.2) is 24.1 Å². The molecule has 0 saturated carbocycles. The molecule has 0 aromatic heterocycles. The third-order valence-corrected chi connectivity index (χ3v) is 3.21. The number of carbonyl (C=O) groups excluding carboxylic acids is 1. The molecule has 19 heavy (non-hydrogen) atoms. The van der Waals surface area contributed by atoms with E-state index < -0.39 is 12.0 Å². The second kappa shape index (κ2) is 5.73. The van der Waals surface area contributed by atoms with E-state index in [-0.39, 0.29) is 5.91 Å². The molecular formula is C14H19NO4. The fourth-order valence-corrected chi connectivity index (χ4v) is 2.18. The lowest BCUT2D eigenvalue weighted by atomic mass is 9.92. The Bertz CT molecular complexity index is 523. The number of rotatable bonds is 4. The van der Waals surface area contributed by atoms with E-state index in [0.717, 1.165) is 16.7 Å². The van der Waals surface area contributed by atoms with Crippen LogP contribution in [0.5, 0.6) is 5.75 Å². The summed E-state index contributed by atoms with van der Waals surface area (Å²) in [6, 6.07) is 0.747. The maximum atomic E-state index is 11.4. The molecule has 1 amide bonds. The maximum Gasteiger partial charge on any atom is 0.330 e. The number of aliphatic carboxylic acids is 1. The first-order valence-electron chi connectivity index (χ1n) is 5.94. The van der Waals surface area contributed by atoms with Gasteiger partial charge in [0.25, 0.3) is 0 Å². The zero-order valence-electron chi connectivity index (χ0n) is 11.8. The van der Waals surface area contributed by atoms with Crippen molar-refractivity contribution in [2.24, 2.45) is 0 Å². The van der Waals surface area contributed by atoms with Gasteiger partial charge >= 0.3 is 5.97 Å². The van der Waals surface area contributed by atoms with Gasteiger partial charge in [-0.1, -0.05) is 0 Å². The Morgan fingerprint density at radius 3 is 2.26 bits per heavy atom. The fraction of sp³-hybridized carbons (Fsp3) is 0.429. The summed E-state index contributed by atoms with van der Waals surface area (Å²) in [4.78, 5) is 22.5. The number of carboxylic acid groups (broad SMARTS) is 1. The van der Waals surface area contributed by atoms with Gasteiger partial charge in [0.1, 0.15) is 5.75 Å². The largest absolute Gasteiger partial charge is 0.496 e. The first-order chi connectivity index (χ1) is 8.79. The highest BCUT2D eigenvalue weighted by molar-refractivity contribution is 5.84. The van der Waals surface area contributed by atoms with Crippen molar-refractivity contribution >= 4 is 11.9 Å². The number of hydrogen-bond acceptors (Lipinski definition) is 3. The molecule has 1 aromatic rings. The molecule has 5 heteroatoms. The molecule has 0 fully saturated rings. The van der Waals surface area contributed by atoms with Gasteiger partial charge in [-0.25, -0.2) is 4.79 Å². The van der Waals surface area contributed by atoms with E-state index in [1.807, 2.05) is 20.8 Å². The van der Waals surface area contributed by atoms with Gasteiger partial charge in [0, 0.05) is 6.92 Å². The number of hydrogen-bond donors (Lipinski definition) is 2. The lowest BCUT2D eigenvalue weighted by Crippen LogP contribution is -2.33. The van der Waals surface area contributed by atoms with Crippen molar-refractivity contribution in [1.82, 2.24) is 5.32 Å². The van der Waals surface area contributed by atoms with Gasteiger partial charge in [-0.2, -0.15) is 0 Å². The van der Waals surface area contributed by atoms with Gasteiger partial charge in [-0.15, -0.1) is 0 Å². The number of aryl methyl sites for hydroxylation is 1. The molecular weight excluding hydrogens is 246 g/mol. The Balaban J connectivity index is 3.43. The van der Waals surface area contributed by atoms with Crippen LogP contribution in [0.3, 0.4) is 0 Å². The number of carbonyl (C=O) groups is 2. The first-order valence-corrected chi connectivity index (χ1v) is 5.94. The second-order valence-electron chi connectivity index (χ2n) is 4.53. The monoisotopic (exact) mass is 265 g/mol. The average molecular weight is 265 g/mol. The zero-order valence-corrected chi connectivity index (χ0v) is 11.8. The molecule has 104 valence electrons. The Morgan fingerprint density at radius 2 is 1.84 bits per heavy atom. The number of amides is 1. The van der Waals surface area contributed by atoms with Gasteiger partial charge in [0.2, 0.25) is 5.91 Å². The molecule has 0 spiro atoms. The molecule has 1 rings (SSSR count). The minimum absolute atomic E-state index is 0.375. The van der Waals surface area contributed by atoms with Crippen LogP contribution in [-0.2, 0) is 9.59 Å². The van der Waals surface area contributed by atoms with Crippen molar-refractivity contribution in [1.29, 1.82) is 0 Å². The molecule has 0 saturated heterocycles. The van der Waals surface area contributed by atoms with Crippen LogP contribution in [0, 0.1) is 20.8 Å². The van der Waals surface area contributed by atoms with Gasteiger partial charge < -0.3 is 15.2 Å². The number of benzene rings is 1. The van der Waals surface area contributed by atoms with Crippen LogP contribution < -0.4 is 10.1 Å². The summed E-state index contributed by atoms with van der Waals surface area (Å²) in [6.45, 7) is 6.81. The van der Waals surface area contributed by atoms with Crippen molar-refractivity contribution in [3.63, 3.8) is 0 Å². The van der Waals surface area contributed by atoms with Gasteiger partial charge in [-0.3, -0.25) is 4.79 Å². The number of nitrogens with one attached hydrogen (secondary N) is 1. The van der Waals surface area contributed by atoms with Crippen molar-refractivity contribution in [2.45, 2.75) is 33.7 Å².